The monoisotopic (exact) mass is 383 g/mol. The summed E-state index contributed by atoms with van der Waals surface area (Å²) in [4.78, 5) is 15.8. The Bertz CT molecular complexity index is 555. The van der Waals surface area contributed by atoms with Crippen LogP contribution in [0.2, 0.25) is 0 Å². The highest BCUT2D eigenvalue weighted by Gasteiger charge is 2.02. The Hall–Kier alpha value is -1.40. The lowest BCUT2D eigenvalue weighted by Crippen LogP contribution is -2.22. The number of carbonyl (C=O) groups excluding carboxylic acids is 1. The summed E-state index contributed by atoms with van der Waals surface area (Å²) in [6.45, 7) is 0.171. The van der Waals surface area contributed by atoms with Gasteiger partial charge >= 0.3 is 0 Å². The first-order chi connectivity index (χ1) is 9.13. The van der Waals surface area contributed by atoms with Crippen molar-refractivity contribution in [1.82, 2.24) is 4.98 Å². The molecular weight excluding hydrogens is 374 g/mol. The topological polar surface area (TPSA) is 54.0 Å². The molecule has 0 radical (unpaired) electrons. The van der Waals surface area contributed by atoms with E-state index in [1.165, 1.54) is 0 Å². The van der Waals surface area contributed by atoms with Gasteiger partial charge < -0.3 is 10.6 Å². The summed E-state index contributed by atoms with van der Waals surface area (Å²) in [7, 11) is 0. The molecule has 1 aromatic carbocycles. The summed E-state index contributed by atoms with van der Waals surface area (Å²) in [5, 5.41) is 5.74. The predicted octanol–water partition coefficient (Wildman–Crippen LogP) is 3.66. The van der Waals surface area contributed by atoms with Crippen LogP contribution in [-0.2, 0) is 4.79 Å². The minimum atomic E-state index is -0.118. The molecule has 0 saturated carbocycles. The largest absolute Gasteiger partial charge is 0.361 e. The highest BCUT2D eigenvalue weighted by Crippen LogP contribution is 2.14. The summed E-state index contributed by atoms with van der Waals surface area (Å²) < 4.78 is 1.88. The lowest BCUT2D eigenvalue weighted by molar-refractivity contribution is -0.114. The van der Waals surface area contributed by atoms with Gasteiger partial charge in [0.15, 0.2) is 0 Å². The molecule has 0 aliphatic heterocycles. The van der Waals surface area contributed by atoms with Gasteiger partial charge in [-0.25, -0.2) is 4.98 Å². The third-order valence-corrected chi connectivity index (χ3v) is 3.28. The van der Waals surface area contributed by atoms with Crippen molar-refractivity contribution in [2.45, 2.75) is 0 Å². The molecule has 19 heavy (non-hydrogen) atoms. The van der Waals surface area contributed by atoms with Crippen molar-refractivity contribution in [2.75, 3.05) is 17.2 Å². The van der Waals surface area contributed by atoms with E-state index in [0.29, 0.717) is 5.82 Å². The van der Waals surface area contributed by atoms with Gasteiger partial charge in [-0.15, -0.1) is 0 Å². The number of nitrogens with zero attached hydrogens (tertiary/aromatic N) is 1. The molecule has 0 saturated heterocycles. The Morgan fingerprint density at radius 3 is 2.37 bits per heavy atom. The number of carbonyl (C=O) groups is 1. The van der Waals surface area contributed by atoms with Crippen molar-refractivity contribution in [3.8, 4) is 0 Å². The average molecular weight is 385 g/mol. The van der Waals surface area contributed by atoms with Crippen LogP contribution in [0.4, 0.5) is 11.5 Å². The van der Waals surface area contributed by atoms with Gasteiger partial charge in [-0.05, 0) is 52.3 Å². The zero-order valence-corrected chi connectivity index (χ0v) is 13.0. The van der Waals surface area contributed by atoms with E-state index in [-0.39, 0.29) is 12.5 Å². The number of pyridine rings is 1. The standard InChI is InChI=1S/C13H11Br2N3O/c14-9-1-4-11(5-2-9)18-13(19)8-17-12-6-3-10(15)7-16-12/h1-7H,8H2,(H,16,17)(H,18,19). The Labute approximate surface area is 127 Å². The minimum absolute atomic E-state index is 0.118. The van der Waals surface area contributed by atoms with Crippen molar-refractivity contribution in [1.29, 1.82) is 0 Å². The smallest absolute Gasteiger partial charge is 0.243 e. The van der Waals surface area contributed by atoms with Gasteiger partial charge in [0.25, 0.3) is 0 Å². The summed E-state index contributed by atoms with van der Waals surface area (Å²) >= 11 is 6.64. The van der Waals surface area contributed by atoms with Crippen LogP contribution in [0.5, 0.6) is 0 Å². The van der Waals surface area contributed by atoms with Crippen LogP contribution in [0.15, 0.2) is 51.5 Å². The van der Waals surface area contributed by atoms with Gasteiger partial charge in [-0.2, -0.15) is 0 Å². The fourth-order valence-electron chi connectivity index (χ4n) is 1.39. The van der Waals surface area contributed by atoms with Gasteiger partial charge in [-0.1, -0.05) is 15.9 Å². The number of halogens is 2. The number of amides is 1. The molecule has 0 aliphatic rings. The van der Waals surface area contributed by atoms with Crippen LogP contribution in [0.3, 0.4) is 0 Å². The minimum Gasteiger partial charge on any atom is -0.361 e. The summed E-state index contributed by atoms with van der Waals surface area (Å²) in [6, 6.07) is 11.1. The molecule has 1 heterocycles. The van der Waals surface area contributed by atoms with Gasteiger partial charge in [0.1, 0.15) is 5.82 Å². The van der Waals surface area contributed by atoms with E-state index >= 15 is 0 Å². The summed E-state index contributed by atoms with van der Waals surface area (Å²) in [5.41, 5.74) is 0.763. The molecule has 0 aliphatic carbocycles. The van der Waals surface area contributed by atoms with Gasteiger partial charge in [-0.3, -0.25) is 4.79 Å². The van der Waals surface area contributed by atoms with E-state index < -0.39 is 0 Å². The number of benzene rings is 1. The Balaban J connectivity index is 1.84. The number of rotatable bonds is 4. The van der Waals surface area contributed by atoms with Crippen molar-refractivity contribution >= 4 is 49.3 Å². The fraction of sp³-hybridized carbons (Fsp3) is 0.0769. The number of nitrogens with one attached hydrogen (secondary N) is 2. The van der Waals surface area contributed by atoms with Crippen molar-refractivity contribution in [3.63, 3.8) is 0 Å². The van der Waals surface area contributed by atoms with Crippen LogP contribution in [0, 0.1) is 0 Å². The first-order valence-corrected chi connectivity index (χ1v) is 7.13. The molecule has 6 heteroatoms. The van der Waals surface area contributed by atoms with Crippen LogP contribution in [0.1, 0.15) is 0 Å². The molecule has 2 aromatic rings. The van der Waals surface area contributed by atoms with E-state index in [0.717, 1.165) is 14.6 Å². The van der Waals surface area contributed by atoms with E-state index in [1.54, 1.807) is 12.3 Å². The molecule has 0 atom stereocenters. The number of anilines is 2. The molecule has 0 fully saturated rings. The fourth-order valence-corrected chi connectivity index (χ4v) is 1.89. The lowest BCUT2D eigenvalue weighted by Gasteiger charge is -2.07. The molecule has 1 amide bonds. The Morgan fingerprint density at radius 1 is 1.05 bits per heavy atom. The highest BCUT2D eigenvalue weighted by molar-refractivity contribution is 9.10. The molecule has 0 bridgehead atoms. The van der Waals surface area contributed by atoms with E-state index in [4.69, 9.17) is 0 Å². The molecule has 1 aromatic heterocycles. The predicted molar refractivity (Wildman–Crippen MR) is 83.2 cm³/mol. The third kappa shape index (κ3) is 4.65. The van der Waals surface area contributed by atoms with E-state index in [9.17, 15) is 4.79 Å². The quantitative estimate of drug-likeness (QED) is 0.845. The normalized spacial score (nSPS) is 10.0. The second-order valence-electron chi connectivity index (χ2n) is 3.77. The highest BCUT2D eigenvalue weighted by atomic mass is 79.9. The zero-order valence-electron chi connectivity index (χ0n) is 9.86. The Kier molecular flexibility index (Phi) is 4.93. The van der Waals surface area contributed by atoms with Gasteiger partial charge in [0.05, 0.1) is 6.54 Å². The Morgan fingerprint density at radius 2 is 1.74 bits per heavy atom. The molecule has 2 N–H and O–H groups in total. The van der Waals surface area contributed by atoms with Crippen LogP contribution >= 0.6 is 31.9 Å². The average Bonchev–Trinajstić information content (AvgIpc) is 2.41. The van der Waals surface area contributed by atoms with Crippen LogP contribution in [-0.4, -0.2) is 17.4 Å². The second kappa shape index (κ2) is 6.68. The van der Waals surface area contributed by atoms with Crippen molar-refractivity contribution < 1.29 is 4.79 Å². The first kappa shape index (κ1) is 14.0. The molecule has 98 valence electrons. The summed E-state index contributed by atoms with van der Waals surface area (Å²) in [6.07, 6.45) is 1.68. The maximum atomic E-state index is 11.7. The van der Waals surface area contributed by atoms with Gasteiger partial charge in [0.2, 0.25) is 5.91 Å². The number of aromatic nitrogens is 1. The molecule has 0 unspecified atom stereocenters. The maximum Gasteiger partial charge on any atom is 0.243 e. The number of hydrogen-bond acceptors (Lipinski definition) is 3. The molecular formula is C13H11Br2N3O. The first-order valence-electron chi connectivity index (χ1n) is 5.54. The lowest BCUT2D eigenvalue weighted by atomic mass is 10.3. The SMILES string of the molecule is O=C(CNc1ccc(Br)cn1)Nc1ccc(Br)cc1. The third-order valence-electron chi connectivity index (χ3n) is 2.29. The van der Waals surface area contributed by atoms with Crippen LogP contribution < -0.4 is 10.6 Å². The number of hydrogen-bond donors (Lipinski definition) is 2. The molecule has 2 rings (SSSR count). The van der Waals surface area contributed by atoms with E-state index in [1.807, 2.05) is 30.3 Å². The second-order valence-corrected chi connectivity index (χ2v) is 5.60. The van der Waals surface area contributed by atoms with Gasteiger partial charge in [0, 0.05) is 20.8 Å². The van der Waals surface area contributed by atoms with Crippen LogP contribution in [0.25, 0.3) is 0 Å². The molecule has 0 spiro atoms. The zero-order chi connectivity index (χ0) is 13.7. The van der Waals surface area contributed by atoms with Crippen molar-refractivity contribution in [3.05, 3.63) is 51.5 Å². The summed E-state index contributed by atoms with van der Waals surface area (Å²) in [5.74, 6) is 0.543. The van der Waals surface area contributed by atoms with E-state index in [2.05, 4.69) is 47.5 Å². The maximum absolute atomic E-state index is 11.7. The molecule has 4 nitrogen and oxygen atoms in total. The van der Waals surface area contributed by atoms with Crippen molar-refractivity contribution in [2.24, 2.45) is 0 Å².